The predicted octanol–water partition coefficient (Wildman–Crippen LogP) is 4.17. The first-order valence-electron chi connectivity index (χ1n) is 7.80. The van der Waals surface area contributed by atoms with Crippen molar-refractivity contribution in [3.63, 3.8) is 0 Å². The van der Waals surface area contributed by atoms with Crippen LogP contribution in [0.1, 0.15) is 48.9 Å². The molecule has 0 spiro atoms. The van der Waals surface area contributed by atoms with E-state index in [9.17, 15) is 0 Å². The average Bonchev–Trinajstić information content (AvgIpc) is 3.06. The van der Waals surface area contributed by atoms with E-state index in [0.29, 0.717) is 6.04 Å². The number of nitrogens with zero attached hydrogens (tertiary/aromatic N) is 1. The monoisotopic (exact) mass is 288 g/mol. The Hall–Kier alpha value is -1.06. The molecular formula is C17H24N2S. The van der Waals surface area contributed by atoms with Gasteiger partial charge in [0.05, 0.1) is 0 Å². The zero-order valence-corrected chi connectivity index (χ0v) is 13.1. The van der Waals surface area contributed by atoms with Gasteiger partial charge in [0, 0.05) is 25.0 Å². The summed E-state index contributed by atoms with van der Waals surface area (Å²) in [7, 11) is 0. The molecule has 2 aromatic rings. The van der Waals surface area contributed by atoms with Gasteiger partial charge in [-0.1, -0.05) is 13.3 Å². The fraction of sp³-hybridized carbons (Fsp3) is 0.529. The Morgan fingerprint density at radius 2 is 2.30 bits per heavy atom. The molecule has 20 heavy (non-hydrogen) atoms. The molecule has 3 rings (SSSR count). The molecule has 1 unspecified atom stereocenters. The molecule has 1 N–H and O–H groups in total. The zero-order valence-electron chi connectivity index (χ0n) is 12.3. The molecule has 0 amide bonds. The minimum atomic E-state index is 0.569. The Kier molecular flexibility index (Phi) is 4.58. The van der Waals surface area contributed by atoms with Gasteiger partial charge in [0.25, 0.3) is 0 Å². The second-order valence-corrected chi connectivity index (χ2v) is 6.49. The highest BCUT2D eigenvalue weighted by Crippen LogP contribution is 2.29. The number of thiophene rings is 1. The Morgan fingerprint density at radius 1 is 1.35 bits per heavy atom. The highest BCUT2D eigenvalue weighted by atomic mass is 32.1. The molecular weight excluding hydrogens is 264 g/mol. The summed E-state index contributed by atoms with van der Waals surface area (Å²) in [6.07, 6.45) is 11.1. The number of hydrogen-bond acceptors (Lipinski definition) is 2. The third-order valence-corrected chi connectivity index (χ3v) is 4.98. The van der Waals surface area contributed by atoms with Gasteiger partial charge in [-0.25, -0.2) is 0 Å². The lowest BCUT2D eigenvalue weighted by molar-refractivity contribution is 0.501. The summed E-state index contributed by atoms with van der Waals surface area (Å²) in [4.78, 5) is 0. The van der Waals surface area contributed by atoms with E-state index < -0.39 is 0 Å². The van der Waals surface area contributed by atoms with Gasteiger partial charge in [0.15, 0.2) is 0 Å². The molecule has 1 aliphatic carbocycles. The van der Waals surface area contributed by atoms with Crippen molar-refractivity contribution in [1.29, 1.82) is 0 Å². The fourth-order valence-electron chi connectivity index (χ4n) is 3.20. The maximum absolute atomic E-state index is 3.65. The lowest BCUT2D eigenvalue weighted by Crippen LogP contribution is -2.20. The van der Waals surface area contributed by atoms with Crippen LogP contribution in [-0.4, -0.2) is 11.1 Å². The number of fused-ring (bicyclic) bond motifs is 1. The van der Waals surface area contributed by atoms with Crippen molar-refractivity contribution in [2.75, 3.05) is 6.54 Å². The summed E-state index contributed by atoms with van der Waals surface area (Å²) >= 11 is 1.79. The van der Waals surface area contributed by atoms with Gasteiger partial charge < -0.3 is 9.88 Å². The lowest BCUT2D eigenvalue weighted by Gasteiger charge is -2.15. The maximum atomic E-state index is 3.65. The van der Waals surface area contributed by atoms with Crippen molar-refractivity contribution >= 4 is 11.3 Å². The van der Waals surface area contributed by atoms with Crippen LogP contribution in [0.15, 0.2) is 29.2 Å². The molecule has 0 radical (unpaired) electrons. The molecule has 3 heteroatoms. The third-order valence-electron chi connectivity index (χ3n) is 4.25. The first-order valence-corrected chi connectivity index (χ1v) is 8.74. The van der Waals surface area contributed by atoms with E-state index in [1.807, 2.05) is 0 Å². The van der Waals surface area contributed by atoms with Crippen LogP contribution < -0.4 is 5.32 Å². The quantitative estimate of drug-likeness (QED) is 0.817. The summed E-state index contributed by atoms with van der Waals surface area (Å²) in [6.45, 7) is 4.37. The van der Waals surface area contributed by atoms with Crippen LogP contribution in [0.4, 0.5) is 0 Å². The first-order chi connectivity index (χ1) is 9.86. The second kappa shape index (κ2) is 6.59. The maximum Gasteiger partial charge on any atom is 0.0337 e. The van der Waals surface area contributed by atoms with Gasteiger partial charge in [-0.05, 0) is 65.7 Å². The van der Waals surface area contributed by atoms with Crippen molar-refractivity contribution in [2.24, 2.45) is 0 Å². The second-order valence-electron chi connectivity index (χ2n) is 5.71. The molecule has 2 nitrogen and oxygen atoms in total. The molecule has 1 atom stereocenters. The van der Waals surface area contributed by atoms with Gasteiger partial charge in [0.2, 0.25) is 0 Å². The molecule has 2 aromatic heterocycles. The minimum absolute atomic E-state index is 0.569. The number of aromatic nitrogens is 1. The highest BCUT2D eigenvalue weighted by Gasteiger charge is 2.19. The van der Waals surface area contributed by atoms with Crippen molar-refractivity contribution in [1.82, 2.24) is 9.88 Å². The summed E-state index contributed by atoms with van der Waals surface area (Å²) < 4.78 is 2.40. The Bertz CT molecular complexity index is 527. The Balaban J connectivity index is 1.72. The third kappa shape index (κ3) is 3.15. The van der Waals surface area contributed by atoms with E-state index in [0.717, 1.165) is 19.5 Å². The molecule has 0 saturated heterocycles. The molecule has 108 valence electrons. The summed E-state index contributed by atoms with van der Waals surface area (Å²) in [5.74, 6) is 0. The summed E-state index contributed by atoms with van der Waals surface area (Å²) in [5, 5.41) is 8.08. The average molecular weight is 288 g/mol. The molecule has 1 aliphatic rings. The number of hydrogen-bond donors (Lipinski definition) is 1. The molecule has 0 saturated carbocycles. The van der Waals surface area contributed by atoms with E-state index in [2.05, 4.69) is 46.0 Å². The van der Waals surface area contributed by atoms with Crippen LogP contribution in [0.3, 0.4) is 0 Å². The predicted molar refractivity (Wildman–Crippen MR) is 86.4 cm³/mol. The van der Waals surface area contributed by atoms with E-state index in [1.54, 1.807) is 22.5 Å². The zero-order chi connectivity index (χ0) is 13.8. The standard InChI is InChI=1S/C17H24N2S/c1-2-18-17-6-4-3-5-15-11-19(12-16(15)17)9-7-14-8-10-20-13-14/h8,10-13,17-18H,2-7,9H2,1H3. The Morgan fingerprint density at radius 3 is 3.10 bits per heavy atom. The Labute approximate surface area is 125 Å². The summed E-state index contributed by atoms with van der Waals surface area (Å²) in [6, 6.07) is 2.81. The van der Waals surface area contributed by atoms with E-state index in [-0.39, 0.29) is 0 Å². The first kappa shape index (κ1) is 13.9. The molecule has 2 heterocycles. The van der Waals surface area contributed by atoms with E-state index in [1.165, 1.54) is 31.2 Å². The minimum Gasteiger partial charge on any atom is -0.353 e. The van der Waals surface area contributed by atoms with Crippen molar-refractivity contribution in [3.8, 4) is 0 Å². The van der Waals surface area contributed by atoms with Crippen molar-refractivity contribution in [2.45, 2.75) is 51.6 Å². The molecule has 0 fully saturated rings. The van der Waals surface area contributed by atoms with E-state index in [4.69, 9.17) is 0 Å². The van der Waals surface area contributed by atoms with Gasteiger partial charge in [-0.15, -0.1) is 0 Å². The van der Waals surface area contributed by atoms with Gasteiger partial charge in [-0.3, -0.25) is 0 Å². The smallest absolute Gasteiger partial charge is 0.0337 e. The molecule has 0 aliphatic heterocycles. The lowest BCUT2D eigenvalue weighted by atomic mass is 10.0. The van der Waals surface area contributed by atoms with Crippen molar-refractivity contribution < 1.29 is 0 Å². The van der Waals surface area contributed by atoms with Crippen LogP contribution in [0, 0.1) is 0 Å². The largest absolute Gasteiger partial charge is 0.353 e. The normalized spacial score (nSPS) is 18.8. The van der Waals surface area contributed by atoms with Gasteiger partial charge >= 0.3 is 0 Å². The van der Waals surface area contributed by atoms with E-state index >= 15 is 0 Å². The van der Waals surface area contributed by atoms with Crippen LogP contribution in [0.5, 0.6) is 0 Å². The number of aryl methyl sites for hydroxylation is 3. The van der Waals surface area contributed by atoms with Gasteiger partial charge in [0.1, 0.15) is 0 Å². The van der Waals surface area contributed by atoms with Crippen LogP contribution in [-0.2, 0) is 19.4 Å². The topological polar surface area (TPSA) is 17.0 Å². The van der Waals surface area contributed by atoms with Crippen molar-refractivity contribution in [3.05, 3.63) is 45.9 Å². The van der Waals surface area contributed by atoms with Crippen LogP contribution in [0.25, 0.3) is 0 Å². The molecule has 0 bridgehead atoms. The fourth-order valence-corrected chi connectivity index (χ4v) is 3.90. The SMILES string of the molecule is CCNC1CCCCc2cn(CCc3ccsc3)cc21. The highest BCUT2D eigenvalue weighted by molar-refractivity contribution is 7.07. The van der Waals surface area contributed by atoms with Crippen LogP contribution in [0.2, 0.25) is 0 Å². The summed E-state index contributed by atoms with van der Waals surface area (Å²) in [5.41, 5.74) is 4.58. The van der Waals surface area contributed by atoms with Crippen LogP contribution >= 0.6 is 11.3 Å². The number of nitrogens with one attached hydrogen (secondary N) is 1. The molecule has 0 aromatic carbocycles. The number of rotatable bonds is 5. The van der Waals surface area contributed by atoms with Gasteiger partial charge in [-0.2, -0.15) is 11.3 Å².